The van der Waals surface area contributed by atoms with Crippen molar-refractivity contribution in [2.75, 3.05) is 30.3 Å². The Balaban J connectivity index is 2.01. The molecule has 9 nitrogen and oxygen atoms in total. The van der Waals surface area contributed by atoms with Gasteiger partial charge in [-0.2, -0.15) is 15.1 Å². The number of aromatic amines is 1. The highest BCUT2D eigenvalue weighted by molar-refractivity contribution is 9.10. The highest BCUT2D eigenvalue weighted by Gasteiger charge is 2.29. The van der Waals surface area contributed by atoms with Crippen LogP contribution in [0.15, 0.2) is 4.60 Å². The highest BCUT2D eigenvalue weighted by Crippen LogP contribution is 2.31. The smallest absolute Gasteiger partial charge is 0.407 e. The van der Waals surface area contributed by atoms with E-state index in [9.17, 15) is 4.79 Å². The molecule has 10 heteroatoms. The van der Waals surface area contributed by atoms with E-state index in [-0.39, 0.29) is 12.0 Å². The van der Waals surface area contributed by atoms with Gasteiger partial charge in [0.25, 0.3) is 0 Å². The van der Waals surface area contributed by atoms with Crippen LogP contribution in [0, 0.1) is 0 Å². The van der Waals surface area contributed by atoms with Crippen LogP contribution in [0.3, 0.4) is 0 Å². The molecule has 3 rings (SSSR count). The number of carboxylic acid groups (broad SMARTS) is 1. The second-order valence-corrected chi connectivity index (χ2v) is 5.71. The topological polar surface area (TPSA) is 124 Å². The maximum Gasteiger partial charge on any atom is 0.407 e. The normalized spacial score (nSPS) is 19.2. The first-order chi connectivity index (χ1) is 9.97. The standard InChI is InChI=1S/C11H14BrN7O2/c1-5-4-18(11(20)21)2-3-19(5)9-6-7(12)16-17-8(6)14-10(13)15-9/h5H,2-4H2,1H3,(H,20,21)(H3,13,14,15,16,17)/t5-/m0/s1. The van der Waals surface area contributed by atoms with Crippen LogP contribution in [0.5, 0.6) is 0 Å². The number of aromatic nitrogens is 4. The molecule has 0 saturated carbocycles. The van der Waals surface area contributed by atoms with Gasteiger partial charge in [-0.1, -0.05) is 0 Å². The predicted molar refractivity (Wildman–Crippen MR) is 80.2 cm³/mol. The van der Waals surface area contributed by atoms with Crippen molar-refractivity contribution in [1.29, 1.82) is 0 Å². The van der Waals surface area contributed by atoms with Gasteiger partial charge in [-0.25, -0.2) is 4.79 Å². The molecule has 2 aromatic rings. The zero-order valence-electron chi connectivity index (χ0n) is 11.2. The van der Waals surface area contributed by atoms with Crippen molar-refractivity contribution in [1.82, 2.24) is 25.1 Å². The summed E-state index contributed by atoms with van der Waals surface area (Å²) in [6.07, 6.45) is -0.904. The average Bonchev–Trinajstić information content (AvgIpc) is 2.79. The van der Waals surface area contributed by atoms with Crippen molar-refractivity contribution in [3.63, 3.8) is 0 Å². The van der Waals surface area contributed by atoms with E-state index in [2.05, 4.69) is 36.1 Å². The van der Waals surface area contributed by atoms with Gasteiger partial charge < -0.3 is 20.6 Å². The number of halogens is 1. The Morgan fingerprint density at radius 3 is 2.90 bits per heavy atom. The lowest BCUT2D eigenvalue weighted by Crippen LogP contribution is -2.53. The van der Waals surface area contributed by atoms with E-state index >= 15 is 0 Å². The summed E-state index contributed by atoms with van der Waals surface area (Å²) in [4.78, 5) is 22.9. The van der Waals surface area contributed by atoms with Crippen molar-refractivity contribution < 1.29 is 9.90 Å². The maximum absolute atomic E-state index is 11.1. The summed E-state index contributed by atoms with van der Waals surface area (Å²) in [6, 6.07) is -0.0193. The number of hydrogen-bond donors (Lipinski definition) is 3. The number of H-pyrrole nitrogens is 1. The van der Waals surface area contributed by atoms with Crippen LogP contribution in [-0.4, -0.2) is 61.9 Å². The summed E-state index contributed by atoms with van der Waals surface area (Å²) in [7, 11) is 0. The minimum atomic E-state index is -0.904. The second-order valence-electron chi connectivity index (χ2n) is 4.91. The molecule has 3 heterocycles. The average molecular weight is 356 g/mol. The molecule has 1 fully saturated rings. The van der Waals surface area contributed by atoms with E-state index in [1.165, 1.54) is 4.90 Å². The van der Waals surface area contributed by atoms with Gasteiger partial charge >= 0.3 is 6.09 Å². The van der Waals surface area contributed by atoms with Gasteiger partial charge in [0.2, 0.25) is 5.95 Å². The van der Waals surface area contributed by atoms with Crippen molar-refractivity contribution in [3.8, 4) is 0 Å². The van der Waals surface area contributed by atoms with Gasteiger partial charge in [-0.15, -0.1) is 0 Å². The van der Waals surface area contributed by atoms with Gasteiger partial charge in [0.05, 0.1) is 5.39 Å². The van der Waals surface area contributed by atoms with Gasteiger partial charge in [-0.05, 0) is 22.9 Å². The molecule has 0 aliphatic carbocycles. The molecule has 2 aromatic heterocycles. The number of fused-ring (bicyclic) bond motifs is 1. The summed E-state index contributed by atoms with van der Waals surface area (Å²) in [5.74, 6) is 0.806. The molecule has 0 spiro atoms. The molecule has 4 N–H and O–H groups in total. The number of nitrogens with zero attached hydrogens (tertiary/aromatic N) is 5. The third kappa shape index (κ3) is 2.35. The fraction of sp³-hybridized carbons (Fsp3) is 0.455. The van der Waals surface area contributed by atoms with E-state index in [1.807, 2.05) is 11.8 Å². The molecule has 1 aliphatic heterocycles. The number of rotatable bonds is 1. The van der Waals surface area contributed by atoms with Gasteiger partial charge in [0, 0.05) is 25.7 Å². The number of nitrogens with one attached hydrogen (secondary N) is 1. The number of hydrogen-bond acceptors (Lipinski definition) is 6. The van der Waals surface area contributed by atoms with E-state index in [0.29, 0.717) is 35.7 Å². The Bertz CT molecular complexity index is 703. The van der Waals surface area contributed by atoms with Gasteiger partial charge in [-0.3, -0.25) is 5.10 Å². The molecule has 0 radical (unpaired) electrons. The van der Waals surface area contributed by atoms with Crippen LogP contribution in [-0.2, 0) is 0 Å². The number of nitrogens with two attached hydrogens (primary N) is 1. The number of amides is 1. The second kappa shape index (κ2) is 5.02. The summed E-state index contributed by atoms with van der Waals surface area (Å²) in [5.41, 5.74) is 6.22. The molecule has 112 valence electrons. The molecular weight excluding hydrogens is 342 g/mol. The Morgan fingerprint density at radius 1 is 1.48 bits per heavy atom. The minimum absolute atomic E-state index is 0.0193. The van der Waals surface area contributed by atoms with Crippen molar-refractivity contribution >= 4 is 44.8 Å². The lowest BCUT2D eigenvalue weighted by molar-refractivity contribution is 0.136. The first-order valence-corrected chi connectivity index (χ1v) is 7.18. The van der Waals surface area contributed by atoms with Crippen molar-refractivity contribution in [2.45, 2.75) is 13.0 Å². The molecule has 0 unspecified atom stereocenters. The van der Waals surface area contributed by atoms with Crippen LogP contribution in [0.4, 0.5) is 16.6 Å². The highest BCUT2D eigenvalue weighted by atomic mass is 79.9. The SMILES string of the molecule is C[C@H]1CN(C(=O)O)CCN1c1nc(N)nc2n[nH]c(Br)c12. The Hall–Kier alpha value is -2.10. The zero-order valence-corrected chi connectivity index (χ0v) is 12.8. The lowest BCUT2D eigenvalue weighted by atomic mass is 10.2. The Labute approximate surface area is 128 Å². The largest absolute Gasteiger partial charge is 0.465 e. The first kappa shape index (κ1) is 13.9. The molecule has 0 bridgehead atoms. The van der Waals surface area contributed by atoms with Crippen LogP contribution in [0.25, 0.3) is 11.0 Å². The van der Waals surface area contributed by atoms with E-state index in [1.54, 1.807) is 0 Å². The number of nitrogen functional groups attached to an aromatic ring is 1. The number of anilines is 2. The van der Waals surface area contributed by atoms with E-state index in [0.717, 1.165) is 5.39 Å². The summed E-state index contributed by atoms with van der Waals surface area (Å²) in [5, 5.41) is 16.7. The van der Waals surface area contributed by atoms with Crippen LogP contribution in [0.2, 0.25) is 0 Å². The maximum atomic E-state index is 11.1. The fourth-order valence-corrected chi connectivity index (χ4v) is 2.99. The molecule has 0 aromatic carbocycles. The lowest BCUT2D eigenvalue weighted by Gasteiger charge is -2.39. The van der Waals surface area contributed by atoms with Crippen molar-refractivity contribution in [2.24, 2.45) is 0 Å². The number of carbonyl (C=O) groups is 1. The first-order valence-electron chi connectivity index (χ1n) is 6.39. The molecule has 1 aliphatic rings. The van der Waals surface area contributed by atoms with Crippen LogP contribution in [0.1, 0.15) is 6.92 Å². The Morgan fingerprint density at radius 2 is 2.24 bits per heavy atom. The minimum Gasteiger partial charge on any atom is -0.465 e. The molecule has 1 atom stereocenters. The predicted octanol–water partition coefficient (Wildman–Crippen LogP) is 0.886. The number of piperazine rings is 1. The third-order valence-corrected chi connectivity index (χ3v) is 4.11. The summed E-state index contributed by atoms with van der Waals surface area (Å²) >= 11 is 3.39. The summed E-state index contributed by atoms with van der Waals surface area (Å²) in [6.45, 7) is 3.32. The molecule has 1 saturated heterocycles. The quantitative estimate of drug-likeness (QED) is 0.693. The monoisotopic (exact) mass is 355 g/mol. The third-order valence-electron chi connectivity index (χ3n) is 3.54. The van der Waals surface area contributed by atoms with Crippen LogP contribution >= 0.6 is 15.9 Å². The van der Waals surface area contributed by atoms with E-state index in [4.69, 9.17) is 10.8 Å². The van der Waals surface area contributed by atoms with Crippen molar-refractivity contribution in [3.05, 3.63) is 4.60 Å². The fourth-order valence-electron chi connectivity index (χ4n) is 2.54. The molecular formula is C11H14BrN7O2. The summed E-state index contributed by atoms with van der Waals surface area (Å²) < 4.78 is 0.681. The van der Waals surface area contributed by atoms with Crippen LogP contribution < -0.4 is 10.6 Å². The molecule has 21 heavy (non-hydrogen) atoms. The Kier molecular flexibility index (Phi) is 3.32. The van der Waals surface area contributed by atoms with Gasteiger partial charge in [0.15, 0.2) is 5.65 Å². The molecule has 1 amide bonds. The zero-order chi connectivity index (χ0) is 15.1. The van der Waals surface area contributed by atoms with Gasteiger partial charge in [0.1, 0.15) is 10.4 Å². The van der Waals surface area contributed by atoms with E-state index < -0.39 is 6.09 Å².